The highest BCUT2D eigenvalue weighted by atomic mass is 16.5. The van der Waals surface area contributed by atoms with Gasteiger partial charge in [-0.2, -0.15) is 0 Å². The Morgan fingerprint density at radius 2 is 2.04 bits per heavy atom. The Morgan fingerprint density at radius 3 is 2.71 bits per heavy atom. The molecule has 1 aromatic rings. The molecule has 1 unspecified atom stereocenters. The van der Waals surface area contributed by atoms with Crippen LogP contribution in [0, 0.1) is 5.92 Å². The minimum atomic E-state index is 0.120. The number of ether oxygens (including phenoxy) is 1. The summed E-state index contributed by atoms with van der Waals surface area (Å²) in [5.41, 5.74) is 0.921. The number of hydrogen-bond acceptors (Lipinski definition) is 3. The van der Waals surface area contributed by atoms with Gasteiger partial charge >= 0.3 is 0 Å². The molecule has 0 saturated carbocycles. The molecule has 2 aliphatic heterocycles. The van der Waals surface area contributed by atoms with Crippen LogP contribution in [0.1, 0.15) is 50.4 Å². The molecular formula is C20H30N2O2. The highest BCUT2D eigenvalue weighted by molar-refractivity contribution is 5.97. The number of carbonyl (C=O) groups excluding carboxylic acids is 1. The Morgan fingerprint density at radius 1 is 1.25 bits per heavy atom. The first-order chi connectivity index (χ1) is 11.6. The van der Waals surface area contributed by atoms with Gasteiger partial charge in [0.1, 0.15) is 5.75 Å². The SMILES string of the molecule is CCOc1ccccc1C(=O)N1CCCC2(CCN2CC(C)C)C1. The second kappa shape index (κ2) is 7.14. The van der Waals surface area contributed by atoms with Crippen molar-refractivity contribution in [1.82, 2.24) is 9.80 Å². The van der Waals surface area contributed by atoms with E-state index < -0.39 is 0 Å². The highest BCUT2D eigenvalue weighted by Crippen LogP contribution is 2.39. The Kier molecular flexibility index (Phi) is 5.14. The molecule has 2 heterocycles. The molecule has 2 saturated heterocycles. The Hall–Kier alpha value is -1.55. The van der Waals surface area contributed by atoms with Gasteiger partial charge < -0.3 is 9.64 Å². The van der Waals surface area contributed by atoms with Crippen LogP contribution in [0.5, 0.6) is 5.75 Å². The predicted octanol–water partition coefficient (Wildman–Crippen LogP) is 3.42. The lowest BCUT2D eigenvalue weighted by molar-refractivity contribution is -0.0648. The topological polar surface area (TPSA) is 32.8 Å². The molecule has 0 bridgehead atoms. The van der Waals surface area contributed by atoms with E-state index in [0.29, 0.717) is 23.8 Å². The van der Waals surface area contributed by atoms with Crippen LogP contribution in [0.4, 0.5) is 0 Å². The zero-order valence-corrected chi connectivity index (χ0v) is 15.3. The molecule has 2 fully saturated rings. The molecular weight excluding hydrogens is 300 g/mol. The van der Waals surface area contributed by atoms with Crippen LogP contribution in [0.3, 0.4) is 0 Å². The van der Waals surface area contributed by atoms with E-state index >= 15 is 0 Å². The molecule has 4 nitrogen and oxygen atoms in total. The minimum Gasteiger partial charge on any atom is -0.493 e. The molecule has 0 N–H and O–H groups in total. The van der Waals surface area contributed by atoms with E-state index in [1.807, 2.05) is 36.1 Å². The van der Waals surface area contributed by atoms with Crippen molar-refractivity contribution >= 4 is 5.91 Å². The van der Waals surface area contributed by atoms with Crippen molar-refractivity contribution in [2.45, 2.75) is 45.6 Å². The molecule has 3 rings (SSSR count). The van der Waals surface area contributed by atoms with Gasteiger partial charge in [0.2, 0.25) is 0 Å². The smallest absolute Gasteiger partial charge is 0.257 e. The first kappa shape index (κ1) is 17.3. The van der Waals surface area contributed by atoms with Crippen LogP contribution in [-0.4, -0.2) is 54.0 Å². The molecule has 0 aromatic heterocycles. The second-order valence-electron chi connectivity index (χ2n) is 7.57. The summed E-state index contributed by atoms with van der Waals surface area (Å²) in [5.74, 6) is 1.50. The van der Waals surface area contributed by atoms with E-state index in [0.717, 1.165) is 26.1 Å². The van der Waals surface area contributed by atoms with E-state index in [4.69, 9.17) is 4.74 Å². The fraction of sp³-hybridized carbons (Fsp3) is 0.650. The van der Waals surface area contributed by atoms with Crippen molar-refractivity contribution in [1.29, 1.82) is 0 Å². The van der Waals surface area contributed by atoms with Crippen LogP contribution in [-0.2, 0) is 0 Å². The van der Waals surface area contributed by atoms with Crippen LogP contribution >= 0.6 is 0 Å². The van der Waals surface area contributed by atoms with Crippen molar-refractivity contribution in [3.63, 3.8) is 0 Å². The molecule has 1 aromatic carbocycles. The van der Waals surface area contributed by atoms with Crippen molar-refractivity contribution in [2.75, 3.05) is 32.8 Å². The molecule has 24 heavy (non-hydrogen) atoms. The summed E-state index contributed by atoms with van der Waals surface area (Å²) in [4.78, 5) is 17.7. The average Bonchev–Trinajstić information content (AvgIpc) is 2.59. The summed E-state index contributed by atoms with van der Waals surface area (Å²) >= 11 is 0. The molecule has 2 aliphatic rings. The first-order valence-corrected chi connectivity index (χ1v) is 9.32. The van der Waals surface area contributed by atoms with E-state index in [9.17, 15) is 4.79 Å². The third-order valence-corrected chi connectivity index (χ3v) is 5.36. The quantitative estimate of drug-likeness (QED) is 0.829. The number of carbonyl (C=O) groups is 1. The Bertz CT molecular complexity index is 587. The fourth-order valence-electron chi connectivity index (χ4n) is 4.15. The van der Waals surface area contributed by atoms with E-state index in [2.05, 4.69) is 18.7 Å². The molecule has 0 radical (unpaired) electrons. The van der Waals surface area contributed by atoms with Gasteiger partial charge in [0.25, 0.3) is 5.91 Å². The number of rotatable bonds is 5. The summed E-state index contributed by atoms with van der Waals surface area (Å²) < 4.78 is 5.66. The van der Waals surface area contributed by atoms with Gasteiger partial charge in [-0.15, -0.1) is 0 Å². The van der Waals surface area contributed by atoms with Gasteiger partial charge in [-0.05, 0) is 44.2 Å². The van der Waals surface area contributed by atoms with Crippen LogP contribution in [0.15, 0.2) is 24.3 Å². The van der Waals surface area contributed by atoms with Gasteiger partial charge in [0.15, 0.2) is 0 Å². The second-order valence-corrected chi connectivity index (χ2v) is 7.57. The Labute approximate surface area is 145 Å². The summed E-state index contributed by atoms with van der Waals surface area (Å²) in [6.45, 7) is 11.1. The summed E-state index contributed by atoms with van der Waals surface area (Å²) in [6, 6.07) is 7.63. The largest absolute Gasteiger partial charge is 0.493 e. The average molecular weight is 330 g/mol. The molecule has 1 spiro atoms. The zero-order valence-electron chi connectivity index (χ0n) is 15.3. The predicted molar refractivity (Wildman–Crippen MR) is 96.5 cm³/mol. The summed E-state index contributed by atoms with van der Waals surface area (Å²) in [6.07, 6.45) is 3.53. The third kappa shape index (κ3) is 3.30. The number of piperidine rings is 1. The normalized spacial score (nSPS) is 24.2. The number of likely N-dealkylation sites (tertiary alicyclic amines) is 2. The lowest BCUT2D eigenvalue weighted by Crippen LogP contribution is -2.67. The van der Waals surface area contributed by atoms with E-state index in [-0.39, 0.29) is 11.4 Å². The zero-order chi connectivity index (χ0) is 17.2. The van der Waals surface area contributed by atoms with Crippen LogP contribution < -0.4 is 4.74 Å². The number of para-hydroxylation sites is 1. The fourth-order valence-corrected chi connectivity index (χ4v) is 4.15. The van der Waals surface area contributed by atoms with E-state index in [1.54, 1.807) is 0 Å². The minimum absolute atomic E-state index is 0.120. The highest BCUT2D eigenvalue weighted by Gasteiger charge is 2.48. The van der Waals surface area contributed by atoms with Crippen molar-refractivity contribution < 1.29 is 9.53 Å². The molecule has 132 valence electrons. The van der Waals surface area contributed by atoms with Gasteiger partial charge in [-0.3, -0.25) is 9.69 Å². The van der Waals surface area contributed by atoms with Crippen molar-refractivity contribution in [3.05, 3.63) is 29.8 Å². The van der Waals surface area contributed by atoms with Crippen molar-refractivity contribution in [2.24, 2.45) is 5.92 Å². The first-order valence-electron chi connectivity index (χ1n) is 9.32. The molecule has 4 heteroatoms. The maximum absolute atomic E-state index is 13.1. The van der Waals surface area contributed by atoms with Gasteiger partial charge in [-0.1, -0.05) is 26.0 Å². The third-order valence-electron chi connectivity index (χ3n) is 5.36. The van der Waals surface area contributed by atoms with Gasteiger partial charge in [0.05, 0.1) is 12.2 Å². The van der Waals surface area contributed by atoms with Gasteiger partial charge in [0, 0.05) is 31.7 Å². The van der Waals surface area contributed by atoms with Crippen LogP contribution in [0.2, 0.25) is 0 Å². The standard InChI is InChI=1S/C20H30N2O2/c1-4-24-18-9-6-5-8-17(18)19(23)21-12-7-10-20(15-21)11-13-22(20)14-16(2)3/h5-6,8-9,16H,4,7,10-15H2,1-3H3. The van der Waals surface area contributed by atoms with Crippen molar-refractivity contribution in [3.8, 4) is 5.75 Å². The number of amides is 1. The summed E-state index contributed by atoms with van der Waals surface area (Å²) in [5, 5.41) is 0. The number of nitrogens with zero attached hydrogens (tertiary/aromatic N) is 2. The maximum atomic E-state index is 13.1. The molecule has 1 amide bonds. The lowest BCUT2D eigenvalue weighted by Gasteiger charge is -2.57. The monoisotopic (exact) mass is 330 g/mol. The van der Waals surface area contributed by atoms with Crippen LogP contribution in [0.25, 0.3) is 0 Å². The number of benzene rings is 1. The Balaban J connectivity index is 1.74. The number of hydrogen-bond donors (Lipinski definition) is 0. The lowest BCUT2D eigenvalue weighted by atomic mass is 9.77. The maximum Gasteiger partial charge on any atom is 0.257 e. The summed E-state index contributed by atoms with van der Waals surface area (Å²) in [7, 11) is 0. The van der Waals surface area contributed by atoms with E-state index in [1.165, 1.54) is 19.4 Å². The molecule has 0 aliphatic carbocycles. The molecule has 1 atom stereocenters. The van der Waals surface area contributed by atoms with Gasteiger partial charge in [-0.25, -0.2) is 0 Å².